The summed E-state index contributed by atoms with van der Waals surface area (Å²) < 4.78 is 9.23. The van der Waals surface area contributed by atoms with E-state index in [0.717, 1.165) is 50.4 Å². The lowest BCUT2D eigenvalue weighted by Crippen LogP contribution is -2.48. The standard InChI is InChI=1S/C13H17N3O4.C7H6BrNO2.C6H12N2O2.B4/c1-20-13(17)15-7-5-14(6-8-15)10-11-3-2-4-12(9-11)16(18)19;8-5-6-2-1-3-7(4-6)9(10)11;1-10-6(9)8-4-2-7-3-5-8;1-4(2)3/h2-4,9H,5-8,10H2,1H3;1-4H,5H2;7H,2-5H2,1H3;. The minimum absolute atomic E-state index is 0.107. The van der Waals surface area contributed by atoms with Gasteiger partial charge in [0.1, 0.15) is 0 Å². The fraction of sp³-hybridized carbons (Fsp3) is 0.462. The second-order valence-corrected chi connectivity index (χ2v) is 10.1. The highest BCUT2D eigenvalue weighted by atomic mass is 79.9. The quantitative estimate of drug-likeness (QED) is 0.214. The van der Waals surface area contributed by atoms with Crippen LogP contribution in [0.2, 0.25) is 0 Å². The molecule has 2 aromatic rings. The number of ether oxygens (including phenoxy) is 2. The summed E-state index contributed by atoms with van der Waals surface area (Å²) in [5, 5.41) is 24.8. The number of hydrogen-bond donors (Lipinski definition) is 1. The highest BCUT2D eigenvalue weighted by molar-refractivity contribution is 9.08. The Hall–Kier alpha value is -3.56. The first-order valence-corrected chi connectivity index (χ1v) is 14.9. The summed E-state index contributed by atoms with van der Waals surface area (Å²) in [6.07, 6.45) is -1.19. The Labute approximate surface area is 275 Å². The van der Waals surface area contributed by atoms with Crippen LogP contribution in [0.1, 0.15) is 11.1 Å². The van der Waals surface area contributed by atoms with Gasteiger partial charge < -0.3 is 24.6 Å². The third kappa shape index (κ3) is 16.4. The summed E-state index contributed by atoms with van der Waals surface area (Å²) in [5.74, 6) is 0. The lowest BCUT2D eigenvalue weighted by molar-refractivity contribution is -0.385. The molecule has 0 saturated carbocycles. The molecule has 1 N–H and O–H groups in total. The minimum atomic E-state index is -0.667. The van der Waals surface area contributed by atoms with Crippen LogP contribution in [0.15, 0.2) is 48.5 Å². The molecule has 0 spiro atoms. The van der Waals surface area contributed by atoms with Crippen molar-refractivity contribution in [2.45, 2.75) is 11.9 Å². The van der Waals surface area contributed by atoms with Gasteiger partial charge in [0.25, 0.3) is 11.4 Å². The van der Waals surface area contributed by atoms with Crippen molar-refractivity contribution in [3.63, 3.8) is 0 Å². The first kappa shape index (κ1) is 39.5. The molecular weight excluding hydrogens is 647 g/mol. The van der Waals surface area contributed by atoms with Gasteiger partial charge in [0, 0.05) is 118 Å². The van der Waals surface area contributed by atoms with E-state index in [2.05, 4.69) is 58.8 Å². The number of carbonyl (C=O) groups excluding carboxylic acids is 2. The van der Waals surface area contributed by atoms with Crippen molar-refractivity contribution < 1.29 is 28.9 Å². The molecule has 2 saturated heterocycles. The molecule has 0 aliphatic carbocycles. The van der Waals surface area contributed by atoms with Gasteiger partial charge in [-0.2, -0.15) is 0 Å². The molecule has 0 aromatic heterocycles. The minimum Gasteiger partial charge on any atom is -0.453 e. The smallest absolute Gasteiger partial charge is 0.409 e. The van der Waals surface area contributed by atoms with Crippen molar-refractivity contribution in [3.8, 4) is 0 Å². The normalized spacial score (nSPS) is 14.1. The Bertz CT molecular complexity index is 1220. The van der Waals surface area contributed by atoms with E-state index in [1.165, 1.54) is 26.4 Å². The molecule has 19 heteroatoms. The summed E-state index contributed by atoms with van der Waals surface area (Å²) >= 11 is 3.22. The van der Waals surface area contributed by atoms with Crippen molar-refractivity contribution in [3.05, 3.63) is 79.9 Å². The molecule has 2 aliphatic rings. The number of nitrogens with zero attached hydrogens (tertiary/aromatic N) is 5. The SMILES string of the molecule is COC(=O)N1CCN(Cc2cccc([N+](=O)[O-])c2)CC1.COC(=O)N1CCNCC1.O=[N+]([O-])c1cccc(CBr)c1.[B]B([B])[B]. The average molecular weight is 683 g/mol. The number of halogens is 1. The van der Waals surface area contributed by atoms with Gasteiger partial charge in [0.15, 0.2) is 0 Å². The number of nitro groups is 2. The van der Waals surface area contributed by atoms with Gasteiger partial charge in [-0.25, -0.2) is 9.59 Å². The molecule has 2 amide bonds. The molecule has 0 atom stereocenters. The molecule has 2 aliphatic heterocycles. The van der Waals surface area contributed by atoms with Crippen LogP contribution in [0.3, 0.4) is 0 Å². The van der Waals surface area contributed by atoms with Gasteiger partial charge in [-0.1, -0.05) is 40.2 Å². The number of nitro benzene ring substituents is 2. The first-order chi connectivity index (χ1) is 21.4. The first-order valence-electron chi connectivity index (χ1n) is 13.8. The van der Waals surface area contributed by atoms with E-state index < -0.39 is 16.2 Å². The largest absolute Gasteiger partial charge is 0.453 e. The van der Waals surface area contributed by atoms with Gasteiger partial charge in [0.05, 0.1) is 24.1 Å². The zero-order valence-corrected chi connectivity index (χ0v) is 27.0. The monoisotopic (exact) mass is 682 g/mol. The van der Waals surface area contributed by atoms with Gasteiger partial charge >= 0.3 is 12.2 Å². The van der Waals surface area contributed by atoms with Crippen LogP contribution in [0.5, 0.6) is 0 Å². The molecule has 2 fully saturated rings. The van der Waals surface area contributed by atoms with Crippen molar-refractivity contribution in [1.29, 1.82) is 0 Å². The van der Waals surface area contributed by atoms with Gasteiger partial charge in [0.2, 0.25) is 0 Å². The number of hydrogen-bond acceptors (Lipinski definition) is 10. The fourth-order valence-corrected chi connectivity index (χ4v) is 4.32. The number of amides is 2. The number of rotatable bonds is 5. The van der Waals surface area contributed by atoms with Crippen LogP contribution in [-0.4, -0.2) is 133 Å². The maximum Gasteiger partial charge on any atom is 0.409 e. The molecule has 4 rings (SSSR count). The van der Waals surface area contributed by atoms with E-state index >= 15 is 0 Å². The number of non-ortho nitro benzene ring substituents is 2. The zero-order chi connectivity index (χ0) is 33.8. The predicted octanol–water partition coefficient (Wildman–Crippen LogP) is 2.10. The fourth-order valence-electron chi connectivity index (χ4n) is 3.97. The van der Waals surface area contributed by atoms with Crippen molar-refractivity contribution in [2.24, 2.45) is 0 Å². The summed E-state index contributed by atoms with van der Waals surface area (Å²) in [5.41, 5.74) is 2.07. The highest BCUT2D eigenvalue weighted by Gasteiger charge is 2.21. The predicted molar refractivity (Wildman–Crippen MR) is 178 cm³/mol. The van der Waals surface area contributed by atoms with E-state index in [0.29, 0.717) is 25.0 Å². The Kier molecular flexibility index (Phi) is 19.3. The molecule has 236 valence electrons. The Morgan fingerprint density at radius 3 is 1.67 bits per heavy atom. The Morgan fingerprint density at radius 1 is 0.822 bits per heavy atom. The molecular formula is C26H35B4BrN6O8. The van der Waals surface area contributed by atoms with E-state index in [4.69, 9.17) is 0 Å². The number of alkyl halides is 1. The summed E-state index contributed by atoms with van der Waals surface area (Å²) in [7, 11) is 16.8. The topological polar surface area (TPSA) is 161 Å². The average Bonchev–Trinajstić information content (AvgIpc) is 3.05. The number of nitrogens with one attached hydrogen (secondary N) is 1. The number of carbonyl (C=O) groups is 2. The summed E-state index contributed by atoms with van der Waals surface area (Å²) in [6, 6.07) is 13.2. The lowest BCUT2D eigenvalue weighted by Gasteiger charge is -2.33. The highest BCUT2D eigenvalue weighted by Crippen LogP contribution is 2.16. The van der Waals surface area contributed by atoms with Gasteiger partial charge in [-0.15, -0.1) is 0 Å². The molecule has 2 aromatic carbocycles. The number of benzene rings is 2. The molecule has 0 unspecified atom stereocenters. The molecule has 14 nitrogen and oxygen atoms in total. The second kappa shape index (κ2) is 22.0. The molecule has 0 bridgehead atoms. The third-order valence-electron chi connectivity index (χ3n) is 6.16. The lowest BCUT2D eigenvalue weighted by atomic mass is 9.08. The van der Waals surface area contributed by atoms with Gasteiger partial charge in [-0.05, 0) is 11.1 Å². The maximum atomic E-state index is 11.4. The molecule has 45 heavy (non-hydrogen) atoms. The van der Waals surface area contributed by atoms with Crippen LogP contribution in [-0.2, 0) is 21.3 Å². The van der Waals surface area contributed by atoms with Crippen molar-refractivity contribution >= 4 is 69.1 Å². The van der Waals surface area contributed by atoms with Crippen LogP contribution in [0, 0.1) is 20.2 Å². The number of piperazine rings is 2. The Morgan fingerprint density at radius 2 is 1.24 bits per heavy atom. The summed E-state index contributed by atoms with van der Waals surface area (Å²) in [4.78, 5) is 47.9. The van der Waals surface area contributed by atoms with E-state index in [1.54, 1.807) is 34.1 Å². The second-order valence-electron chi connectivity index (χ2n) is 9.51. The Balaban J connectivity index is 0.000000343. The number of methoxy groups -OCH3 is 2. The van der Waals surface area contributed by atoms with E-state index in [-0.39, 0.29) is 23.6 Å². The van der Waals surface area contributed by atoms with Crippen LogP contribution >= 0.6 is 15.9 Å². The third-order valence-corrected chi connectivity index (χ3v) is 6.81. The zero-order valence-electron chi connectivity index (χ0n) is 25.4. The van der Waals surface area contributed by atoms with E-state index in [9.17, 15) is 29.8 Å². The molecule has 2 heterocycles. The molecule has 6 radical (unpaired) electrons. The van der Waals surface area contributed by atoms with Crippen molar-refractivity contribution in [2.75, 3.05) is 66.6 Å². The van der Waals surface area contributed by atoms with E-state index in [1.807, 2.05) is 12.1 Å². The van der Waals surface area contributed by atoms with Crippen LogP contribution in [0.25, 0.3) is 0 Å². The maximum absolute atomic E-state index is 11.4. The van der Waals surface area contributed by atoms with Crippen LogP contribution in [0.4, 0.5) is 21.0 Å². The van der Waals surface area contributed by atoms with Crippen molar-refractivity contribution in [1.82, 2.24) is 20.0 Å². The van der Waals surface area contributed by atoms with Gasteiger partial charge in [-0.3, -0.25) is 25.1 Å². The van der Waals surface area contributed by atoms with Crippen LogP contribution < -0.4 is 5.32 Å². The summed E-state index contributed by atoms with van der Waals surface area (Å²) in [6.45, 7) is 6.60.